The fraction of sp³-hybridized carbons (Fsp3) is 0.455. The van der Waals surface area contributed by atoms with E-state index < -0.39 is 31.9 Å². The van der Waals surface area contributed by atoms with Crippen LogP contribution in [0.4, 0.5) is 5.69 Å². The van der Waals surface area contributed by atoms with E-state index in [2.05, 4.69) is 0 Å². The van der Waals surface area contributed by atoms with Gasteiger partial charge in [-0.1, -0.05) is 23.2 Å². The summed E-state index contributed by atoms with van der Waals surface area (Å²) in [5, 5.41) is -0.0438. The molecule has 0 aliphatic rings. The van der Waals surface area contributed by atoms with Gasteiger partial charge in [0, 0.05) is 13.1 Å². The third-order valence-corrected chi connectivity index (χ3v) is 6.64. The molecule has 0 bridgehead atoms. The van der Waals surface area contributed by atoms with E-state index in [9.17, 15) is 16.8 Å². The molecule has 0 aliphatic heterocycles. The summed E-state index contributed by atoms with van der Waals surface area (Å²) < 4.78 is 56.2. The Hall–Kier alpha value is -0.580. The van der Waals surface area contributed by atoms with E-state index in [1.165, 1.54) is 20.0 Å². The smallest absolute Gasteiger partial charge is 0.264 e. The summed E-state index contributed by atoms with van der Waals surface area (Å²) >= 11 is 11.7. The largest absolute Gasteiger partial charge is 0.397 e. The molecule has 1 rings (SSSR count). The number of nitrogens with two attached hydrogens (primary N) is 1. The van der Waals surface area contributed by atoms with Crippen molar-refractivity contribution >= 4 is 49.0 Å². The highest BCUT2D eigenvalue weighted by Crippen LogP contribution is 2.32. The van der Waals surface area contributed by atoms with Gasteiger partial charge in [-0.05, 0) is 25.5 Å². The van der Waals surface area contributed by atoms with Crippen molar-refractivity contribution in [3.63, 3.8) is 0 Å². The molecule has 1 atom stereocenters. The van der Waals surface area contributed by atoms with Crippen molar-refractivity contribution in [3.8, 4) is 0 Å². The second kappa shape index (κ2) is 6.90. The van der Waals surface area contributed by atoms with E-state index in [0.29, 0.717) is 0 Å². The molecule has 22 heavy (non-hydrogen) atoms. The summed E-state index contributed by atoms with van der Waals surface area (Å²) in [6.45, 7) is 1.51. The summed E-state index contributed by atoms with van der Waals surface area (Å²) in [6, 6.07) is 1.69. The molecule has 0 heterocycles. The summed E-state index contributed by atoms with van der Waals surface area (Å²) in [7, 11) is -6.88. The number of anilines is 1. The molecule has 0 amide bonds. The average molecular weight is 391 g/mol. The average Bonchev–Trinajstić information content (AvgIpc) is 2.38. The number of hydrogen-bond donors (Lipinski definition) is 2. The zero-order chi connectivity index (χ0) is 17.3. The van der Waals surface area contributed by atoms with Gasteiger partial charge in [-0.3, -0.25) is 4.55 Å². The predicted octanol–water partition coefficient (Wildman–Crippen LogP) is 1.86. The molecule has 126 valence electrons. The minimum absolute atomic E-state index is 0.0435. The van der Waals surface area contributed by atoms with Gasteiger partial charge in [-0.2, -0.15) is 12.7 Å². The Balaban J connectivity index is 3.11. The number of hydrogen-bond acceptors (Lipinski definition) is 5. The Morgan fingerprint density at radius 2 is 1.77 bits per heavy atom. The molecule has 0 radical (unpaired) electrons. The second-order valence-corrected chi connectivity index (χ2v) is 9.10. The molecular weight excluding hydrogens is 375 g/mol. The molecule has 1 aromatic carbocycles. The topological polar surface area (TPSA) is 118 Å². The van der Waals surface area contributed by atoms with Crippen LogP contribution in [0.3, 0.4) is 0 Å². The van der Waals surface area contributed by atoms with Crippen LogP contribution >= 0.6 is 23.2 Å². The van der Waals surface area contributed by atoms with Crippen LogP contribution in [0.2, 0.25) is 10.0 Å². The Bertz CT molecular complexity index is 765. The van der Waals surface area contributed by atoms with Crippen LogP contribution in [0.1, 0.15) is 13.3 Å². The number of nitrogens with zero attached hydrogens (tertiary/aromatic N) is 1. The number of sulfonamides is 1. The molecule has 11 heteroatoms. The summed E-state index contributed by atoms with van der Waals surface area (Å²) in [6.07, 6.45) is -0.0745. The maximum atomic E-state index is 12.5. The summed E-state index contributed by atoms with van der Waals surface area (Å²) in [5.74, 6) is -0.551. The number of benzene rings is 1. The van der Waals surface area contributed by atoms with Crippen LogP contribution in [0, 0.1) is 0 Å². The fourth-order valence-electron chi connectivity index (χ4n) is 1.63. The zero-order valence-corrected chi connectivity index (χ0v) is 15.0. The van der Waals surface area contributed by atoms with Crippen LogP contribution in [-0.2, 0) is 20.1 Å². The maximum Gasteiger partial charge on any atom is 0.264 e. The summed E-state index contributed by atoms with van der Waals surface area (Å²) in [4.78, 5) is -0.227. The van der Waals surface area contributed by atoms with Crippen LogP contribution in [0.25, 0.3) is 0 Å². The first-order valence-corrected chi connectivity index (χ1v) is 9.84. The molecule has 0 aliphatic carbocycles. The molecule has 0 fully saturated rings. The molecule has 0 spiro atoms. The zero-order valence-electron chi connectivity index (χ0n) is 11.8. The molecular formula is C11H16Cl2N2O5S2. The maximum absolute atomic E-state index is 12.5. The van der Waals surface area contributed by atoms with Crippen LogP contribution < -0.4 is 5.73 Å². The lowest BCUT2D eigenvalue weighted by molar-refractivity contribution is 0.376. The Morgan fingerprint density at radius 3 is 2.27 bits per heavy atom. The van der Waals surface area contributed by atoms with Gasteiger partial charge in [0.15, 0.2) is 0 Å². The lowest BCUT2D eigenvalue weighted by Gasteiger charge is -2.24. The van der Waals surface area contributed by atoms with Gasteiger partial charge in [0.1, 0.15) is 4.90 Å². The van der Waals surface area contributed by atoms with Crippen LogP contribution in [0.15, 0.2) is 17.0 Å². The minimum atomic E-state index is -4.17. The van der Waals surface area contributed by atoms with Gasteiger partial charge in [-0.15, -0.1) is 0 Å². The van der Waals surface area contributed by atoms with Gasteiger partial charge in [-0.25, -0.2) is 8.42 Å². The highest BCUT2D eigenvalue weighted by molar-refractivity contribution is 7.89. The molecule has 0 saturated carbocycles. The third-order valence-electron chi connectivity index (χ3n) is 3.12. The first-order valence-electron chi connectivity index (χ1n) is 6.04. The first-order chi connectivity index (χ1) is 9.86. The number of rotatable bonds is 6. The van der Waals surface area contributed by atoms with Crippen molar-refractivity contribution in [1.82, 2.24) is 4.31 Å². The van der Waals surface area contributed by atoms with Crippen molar-refractivity contribution in [2.45, 2.75) is 24.3 Å². The lowest BCUT2D eigenvalue weighted by Crippen LogP contribution is -2.36. The van der Waals surface area contributed by atoms with E-state index in [0.717, 1.165) is 10.4 Å². The van der Waals surface area contributed by atoms with Crippen molar-refractivity contribution in [1.29, 1.82) is 0 Å². The van der Waals surface area contributed by atoms with Crippen LogP contribution in [0.5, 0.6) is 0 Å². The van der Waals surface area contributed by atoms with Gasteiger partial charge < -0.3 is 5.73 Å². The lowest BCUT2D eigenvalue weighted by atomic mass is 10.3. The second-order valence-electron chi connectivity index (χ2n) is 4.75. The molecule has 1 unspecified atom stereocenters. The third kappa shape index (κ3) is 4.71. The van der Waals surface area contributed by atoms with Crippen molar-refractivity contribution in [3.05, 3.63) is 22.2 Å². The molecule has 7 nitrogen and oxygen atoms in total. The van der Waals surface area contributed by atoms with Crippen molar-refractivity contribution in [2.24, 2.45) is 0 Å². The van der Waals surface area contributed by atoms with Crippen molar-refractivity contribution in [2.75, 3.05) is 18.5 Å². The Labute approximate surface area is 139 Å². The summed E-state index contributed by atoms with van der Waals surface area (Å²) in [5.41, 5.74) is 5.69. The van der Waals surface area contributed by atoms with Gasteiger partial charge >= 0.3 is 0 Å². The molecule has 0 saturated heterocycles. The van der Waals surface area contributed by atoms with Gasteiger partial charge in [0.2, 0.25) is 10.0 Å². The number of nitrogen functional groups attached to an aromatic ring is 1. The van der Waals surface area contributed by atoms with E-state index in [1.807, 2.05) is 0 Å². The molecule has 1 aromatic rings. The Morgan fingerprint density at radius 1 is 1.23 bits per heavy atom. The highest BCUT2D eigenvalue weighted by Gasteiger charge is 2.28. The highest BCUT2D eigenvalue weighted by atomic mass is 35.5. The van der Waals surface area contributed by atoms with Crippen molar-refractivity contribution < 1.29 is 21.4 Å². The predicted molar refractivity (Wildman–Crippen MR) is 86.3 cm³/mol. The van der Waals surface area contributed by atoms with E-state index >= 15 is 0 Å². The van der Waals surface area contributed by atoms with E-state index in [-0.39, 0.29) is 27.0 Å². The molecule has 0 aromatic heterocycles. The van der Waals surface area contributed by atoms with E-state index in [4.69, 9.17) is 33.5 Å². The first kappa shape index (κ1) is 19.5. The molecule has 3 N–H and O–H groups in total. The quantitative estimate of drug-likeness (QED) is 0.565. The minimum Gasteiger partial charge on any atom is -0.397 e. The van der Waals surface area contributed by atoms with Gasteiger partial charge in [0.25, 0.3) is 10.1 Å². The standard InChI is InChI=1S/C11H16Cl2N2O5S2/c1-7(3-4-21(16,17)18)15(2)22(19,20)11-6-8(12)10(14)5-9(11)13/h5-7H,3-4,14H2,1-2H3,(H,16,17,18). The monoisotopic (exact) mass is 390 g/mol. The Kier molecular flexibility index (Phi) is 6.10. The SMILES string of the molecule is CC(CCS(=O)(=O)O)N(C)S(=O)(=O)c1cc(Cl)c(N)cc1Cl. The fourth-order valence-corrected chi connectivity index (χ4v) is 4.43. The van der Waals surface area contributed by atoms with Gasteiger partial charge in [0.05, 0.1) is 21.5 Å². The number of halogens is 2. The van der Waals surface area contributed by atoms with Crippen LogP contribution in [-0.4, -0.2) is 44.5 Å². The van der Waals surface area contributed by atoms with E-state index in [1.54, 1.807) is 0 Å². The normalized spacial score (nSPS) is 14.3.